The summed E-state index contributed by atoms with van der Waals surface area (Å²) in [7, 11) is 1.96. The van der Waals surface area contributed by atoms with Crippen LogP contribution in [-0.2, 0) is 11.2 Å². The van der Waals surface area contributed by atoms with Crippen molar-refractivity contribution in [3.8, 4) is 0 Å². The number of fused-ring (bicyclic) bond motifs is 2. The second-order valence-corrected chi connectivity index (χ2v) is 7.20. The van der Waals surface area contributed by atoms with Crippen molar-refractivity contribution in [2.24, 2.45) is 17.8 Å². The molecule has 1 N–H and O–H groups in total. The number of hydrogen-bond acceptors (Lipinski definition) is 2. The van der Waals surface area contributed by atoms with Gasteiger partial charge < -0.3 is 9.88 Å². The monoisotopic (exact) mass is 311 g/mol. The highest BCUT2D eigenvalue weighted by Gasteiger charge is 2.55. The molecule has 4 rings (SSSR count). The molecule has 23 heavy (non-hydrogen) atoms. The molecule has 0 spiro atoms. The normalized spacial score (nSPS) is 26.0. The molecule has 0 radical (unpaired) electrons. The highest BCUT2D eigenvalue weighted by atomic mass is 16.2. The van der Waals surface area contributed by atoms with Gasteiger partial charge in [0.2, 0.25) is 5.91 Å². The molecule has 0 saturated heterocycles. The number of H-pyrrole nitrogens is 1. The molecule has 1 unspecified atom stereocenters. The largest absolute Gasteiger partial charge is 0.345 e. The molecular weight excluding hydrogens is 286 g/mol. The van der Waals surface area contributed by atoms with Gasteiger partial charge in [-0.05, 0) is 43.2 Å². The number of aromatic amines is 1. The van der Waals surface area contributed by atoms with Crippen LogP contribution in [0, 0.1) is 17.8 Å². The lowest BCUT2D eigenvalue weighted by Crippen LogP contribution is -2.30. The van der Waals surface area contributed by atoms with Crippen LogP contribution < -0.4 is 0 Å². The number of aryl methyl sites for hydroxylation is 1. The van der Waals surface area contributed by atoms with E-state index >= 15 is 0 Å². The lowest BCUT2D eigenvalue weighted by molar-refractivity contribution is -0.131. The first-order valence-electron chi connectivity index (χ1n) is 8.92. The fourth-order valence-electron chi connectivity index (χ4n) is 4.33. The maximum absolute atomic E-state index is 12.6. The molecule has 1 aromatic carbocycles. The van der Waals surface area contributed by atoms with E-state index in [2.05, 4.69) is 16.0 Å². The van der Waals surface area contributed by atoms with Gasteiger partial charge in [-0.1, -0.05) is 25.0 Å². The summed E-state index contributed by atoms with van der Waals surface area (Å²) in [5.41, 5.74) is 2.11. The number of rotatable bonds is 5. The number of imidazole rings is 1. The molecule has 0 bridgehead atoms. The third kappa shape index (κ3) is 2.87. The Hall–Kier alpha value is -1.84. The maximum Gasteiger partial charge on any atom is 0.226 e. The quantitative estimate of drug-likeness (QED) is 0.920. The van der Waals surface area contributed by atoms with E-state index in [1.165, 1.54) is 25.7 Å². The minimum absolute atomic E-state index is 0.341. The molecule has 2 aliphatic carbocycles. The van der Waals surface area contributed by atoms with E-state index in [1.54, 1.807) is 0 Å². The van der Waals surface area contributed by atoms with E-state index in [4.69, 9.17) is 0 Å². The first kappa shape index (κ1) is 14.7. The standard InChI is InChI=1S/C19H25N3O/c1-22(19(23)18-13-7-2-3-8-14(13)18)12-6-11-17-20-15-9-4-5-10-16(15)21-17/h4-5,9-10,13-14,18H,2-3,6-8,11-12H2,1H3,(H,20,21)/t13-,14+,18?. The van der Waals surface area contributed by atoms with E-state index in [0.717, 1.165) is 36.2 Å². The summed E-state index contributed by atoms with van der Waals surface area (Å²) in [6.07, 6.45) is 7.04. The summed E-state index contributed by atoms with van der Waals surface area (Å²) in [5.74, 6) is 3.15. The maximum atomic E-state index is 12.6. The number of nitrogens with one attached hydrogen (secondary N) is 1. The summed E-state index contributed by atoms with van der Waals surface area (Å²) >= 11 is 0. The average molecular weight is 311 g/mol. The van der Waals surface area contributed by atoms with E-state index in [1.807, 2.05) is 30.1 Å². The first-order chi connectivity index (χ1) is 11.2. The lowest BCUT2D eigenvalue weighted by Gasteiger charge is -2.17. The molecular formula is C19H25N3O. The summed E-state index contributed by atoms with van der Waals surface area (Å²) in [6, 6.07) is 8.11. The van der Waals surface area contributed by atoms with Crippen molar-refractivity contribution in [3.63, 3.8) is 0 Å². The van der Waals surface area contributed by atoms with Crippen molar-refractivity contribution in [3.05, 3.63) is 30.1 Å². The summed E-state index contributed by atoms with van der Waals surface area (Å²) in [5, 5.41) is 0. The van der Waals surface area contributed by atoms with E-state index in [-0.39, 0.29) is 0 Å². The second-order valence-electron chi connectivity index (χ2n) is 7.20. The highest BCUT2D eigenvalue weighted by Crippen LogP contribution is 2.55. The van der Waals surface area contributed by atoms with Crippen molar-refractivity contribution in [1.29, 1.82) is 0 Å². The van der Waals surface area contributed by atoms with E-state index in [9.17, 15) is 4.79 Å². The van der Waals surface area contributed by atoms with Gasteiger partial charge in [-0.3, -0.25) is 4.79 Å². The Labute approximate surface area is 137 Å². The van der Waals surface area contributed by atoms with Crippen LogP contribution in [0.15, 0.2) is 24.3 Å². The fourth-order valence-corrected chi connectivity index (χ4v) is 4.33. The van der Waals surface area contributed by atoms with Gasteiger partial charge in [0.1, 0.15) is 5.82 Å². The lowest BCUT2D eigenvalue weighted by atomic mass is 10.0. The number of carbonyl (C=O) groups is 1. The number of aromatic nitrogens is 2. The minimum Gasteiger partial charge on any atom is -0.345 e. The molecule has 0 aliphatic heterocycles. The van der Waals surface area contributed by atoms with Crippen molar-refractivity contribution in [1.82, 2.24) is 14.9 Å². The van der Waals surface area contributed by atoms with Gasteiger partial charge in [0.15, 0.2) is 0 Å². The van der Waals surface area contributed by atoms with E-state index < -0.39 is 0 Å². The van der Waals surface area contributed by atoms with Crippen LogP contribution in [0.4, 0.5) is 0 Å². The predicted molar refractivity (Wildman–Crippen MR) is 91.0 cm³/mol. The molecule has 122 valence electrons. The Kier molecular flexibility index (Phi) is 3.83. The number of amides is 1. The third-order valence-corrected chi connectivity index (χ3v) is 5.66. The molecule has 1 heterocycles. The Morgan fingerprint density at radius 2 is 2.00 bits per heavy atom. The van der Waals surface area contributed by atoms with Crippen molar-refractivity contribution >= 4 is 16.9 Å². The van der Waals surface area contributed by atoms with Gasteiger partial charge in [-0.2, -0.15) is 0 Å². The zero-order valence-electron chi connectivity index (χ0n) is 13.8. The Balaban J connectivity index is 1.28. The van der Waals surface area contributed by atoms with Crippen LogP contribution in [0.25, 0.3) is 11.0 Å². The van der Waals surface area contributed by atoms with Crippen LogP contribution in [0.5, 0.6) is 0 Å². The second kappa shape index (κ2) is 5.99. The Bertz CT molecular complexity index is 662. The zero-order chi connectivity index (χ0) is 15.8. The number of benzene rings is 1. The Morgan fingerprint density at radius 3 is 2.74 bits per heavy atom. The number of para-hydroxylation sites is 2. The van der Waals surface area contributed by atoms with Gasteiger partial charge in [-0.25, -0.2) is 4.98 Å². The minimum atomic E-state index is 0.341. The molecule has 4 heteroatoms. The molecule has 1 amide bonds. The van der Waals surface area contributed by atoms with Crippen LogP contribution >= 0.6 is 0 Å². The molecule has 2 saturated carbocycles. The number of nitrogens with zero attached hydrogens (tertiary/aromatic N) is 2. The molecule has 1 aromatic heterocycles. The number of hydrogen-bond donors (Lipinski definition) is 1. The third-order valence-electron chi connectivity index (χ3n) is 5.66. The summed E-state index contributed by atoms with van der Waals surface area (Å²) < 4.78 is 0. The molecule has 4 nitrogen and oxygen atoms in total. The number of carbonyl (C=O) groups excluding carboxylic acids is 1. The van der Waals surface area contributed by atoms with Gasteiger partial charge in [0, 0.05) is 25.9 Å². The molecule has 2 aromatic rings. The fraction of sp³-hybridized carbons (Fsp3) is 0.579. The van der Waals surface area contributed by atoms with Crippen LogP contribution in [0.3, 0.4) is 0 Å². The summed E-state index contributed by atoms with van der Waals surface area (Å²) in [4.78, 5) is 22.5. The molecule has 2 aliphatic rings. The van der Waals surface area contributed by atoms with Crippen molar-refractivity contribution in [2.75, 3.05) is 13.6 Å². The predicted octanol–water partition coefficient (Wildman–Crippen LogP) is 3.39. The summed E-state index contributed by atoms with van der Waals surface area (Å²) in [6.45, 7) is 0.825. The van der Waals surface area contributed by atoms with Crippen LogP contribution in [-0.4, -0.2) is 34.4 Å². The SMILES string of the molecule is CN(CCCc1nc2ccccc2[nH]1)C(=O)C1[C@H]2CCCC[C@@H]12. The molecule has 2 fully saturated rings. The first-order valence-corrected chi connectivity index (χ1v) is 8.92. The Morgan fingerprint density at radius 1 is 1.26 bits per heavy atom. The van der Waals surface area contributed by atoms with Crippen molar-refractivity contribution < 1.29 is 4.79 Å². The van der Waals surface area contributed by atoms with Crippen LogP contribution in [0.1, 0.15) is 37.9 Å². The van der Waals surface area contributed by atoms with Crippen molar-refractivity contribution in [2.45, 2.75) is 38.5 Å². The van der Waals surface area contributed by atoms with E-state index in [0.29, 0.717) is 23.7 Å². The van der Waals surface area contributed by atoms with Crippen LogP contribution in [0.2, 0.25) is 0 Å². The highest BCUT2D eigenvalue weighted by molar-refractivity contribution is 5.82. The van der Waals surface area contributed by atoms with Gasteiger partial charge in [0.05, 0.1) is 11.0 Å². The zero-order valence-corrected chi connectivity index (χ0v) is 13.8. The molecule has 3 atom stereocenters. The van der Waals surface area contributed by atoms with Gasteiger partial charge in [0.25, 0.3) is 0 Å². The topological polar surface area (TPSA) is 49.0 Å². The average Bonchev–Trinajstić information content (AvgIpc) is 3.15. The van der Waals surface area contributed by atoms with Gasteiger partial charge in [-0.15, -0.1) is 0 Å². The van der Waals surface area contributed by atoms with Gasteiger partial charge >= 0.3 is 0 Å². The smallest absolute Gasteiger partial charge is 0.226 e.